The van der Waals surface area contributed by atoms with Gasteiger partial charge >= 0.3 is 5.97 Å². The van der Waals surface area contributed by atoms with Crippen LogP contribution in [0, 0.1) is 22.0 Å². The van der Waals surface area contributed by atoms with Crippen LogP contribution in [0.15, 0.2) is 41.6 Å². The number of non-ortho nitro benzene ring substituents is 1. The molecular weight excluding hydrogens is 380 g/mol. The first-order valence-electron chi connectivity index (χ1n) is 9.17. The summed E-state index contributed by atoms with van der Waals surface area (Å²) in [4.78, 5) is 52.7. The zero-order chi connectivity index (χ0) is 21.0. The number of hydrogen-bond donors (Lipinski definition) is 1. The molecule has 0 bridgehead atoms. The third-order valence-electron chi connectivity index (χ3n) is 4.96. The lowest BCUT2D eigenvalue weighted by molar-refractivity contribution is -0.384. The molecule has 10 nitrogen and oxygen atoms in total. The van der Waals surface area contributed by atoms with Crippen molar-refractivity contribution in [1.82, 2.24) is 4.90 Å². The summed E-state index contributed by atoms with van der Waals surface area (Å²) in [6, 6.07) is 5.45. The predicted molar refractivity (Wildman–Crippen MR) is 101 cm³/mol. The molecule has 0 unspecified atom stereocenters. The molecule has 0 saturated carbocycles. The van der Waals surface area contributed by atoms with Gasteiger partial charge in [-0.1, -0.05) is 29.4 Å². The minimum atomic E-state index is -0.684. The number of imide groups is 1. The van der Waals surface area contributed by atoms with E-state index < -0.39 is 10.9 Å². The number of nitro benzene ring substituents is 1. The maximum Gasteiger partial charge on any atom is 0.335 e. The Labute approximate surface area is 166 Å². The van der Waals surface area contributed by atoms with Crippen LogP contribution in [0.2, 0.25) is 0 Å². The number of fused-ring (bicyclic) bond motifs is 1. The first kappa shape index (κ1) is 20.2. The molecule has 1 fully saturated rings. The third kappa shape index (κ3) is 4.48. The van der Waals surface area contributed by atoms with Crippen molar-refractivity contribution in [3.05, 3.63) is 52.1 Å². The van der Waals surface area contributed by atoms with Gasteiger partial charge in [0.2, 0.25) is 11.8 Å². The molecule has 1 aromatic rings. The highest BCUT2D eigenvalue weighted by Gasteiger charge is 2.46. The third-order valence-corrected chi connectivity index (χ3v) is 4.96. The van der Waals surface area contributed by atoms with Crippen LogP contribution >= 0.6 is 0 Å². The van der Waals surface area contributed by atoms with Crippen LogP contribution in [0.4, 0.5) is 5.69 Å². The Balaban J connectivity index is 1.48. The topological polar surface area (TPSA) is 145 Å². The van der Waals surface area contributed by atoms with Gasteiger partial charge in [-0.3, -0.25) is 24.6 Å². The SMILES string of the molecule is N/C(=N\OC(=O)CCCN1C(=O)[C@H]2CC=CC[C@H]2C1=O)c1cccc([N+](=O)[O-])c1. The summed E-state index contributed by atoms with van der Waals surface area (Å²) in [7, 11) is 0. The minimum Gasteiger partial charge on any atom is -0.380 e. The number of amides is 2. The van der Waals surface area contributed by atoms with Crippen molar-refractivity contribution in [3.8, 4) is 0 Å². The molecule has 1 aliphatic heterocycles. The van der Waals surface area contributed by atoms with E-state index in [2.05, 4.69) is 5.16 Å². The van der Waals surface area contributed by atoms with Gasteiger partial charge in [0, 0.05) is 30.7 Å². The second kappa shape index (κ2) is 8.63. The fourth-order valence-electron chi connectivity index (χ4n) is 3.45. The lowest BCUT2D eigenvalue weighted by Crippen LogP contribution is -2.32. The summed E-state index contributed by atoms with van der Waals surface area (Å²) >= 11 is 0. The molecule has 1 aliphatic carbocycles. The zero-order valence-corrected chi connectivity index (χ0v) is 15.5. The van der Waals surface area contributed by atoms with Gasteiger partial charge in [0.1, 0.15) is 0 Å². The van der Waals surface area contributed by atoms with E-state index in [1.165, 1.54) is 29.2 Å². The van der Waals surface area contributed by atoms with Gasteiger partial charge in [0.05, 0.1) is 16.8 Å². The molecular formula is C19H20N4O6. The van der Waals surface area contributed by atoms with E-state index in [4.69, 9.17) is 10.6 Å². The van der Waals surface area contributed by atoms with Gasteiger partial charge in [-0.15, -0.1) is 0 Å². The van der Waals surface area contributed by atoms with Gasteiger partial charge in [-0.25, -0.2) is 4.79 Å². The number of nitro groups is 1. The molecule has 2 N–H and O–H groups in total. The number of carbonyl (C=O) groups is 3. The van der Waals surface area contributed by atoms with Crippen molar-refractivity contribution in [1.29, 1.82) is 0 Å². The molecule has 0 radical (unpaired) electrons. The van der Waals surface area contributed by atoms with Crippen molar-refractivity contribution in [2.45, 2.75) is 25.7 Å². The van der Waals surface area contributed by atoms with E-state index in [1.54, 1.807) is 0 Å². The fourth-order valence-corrected chi connectivity index (χ4v) is 3.45. The lowest BCUT2D eigenvalue weighted by atomic mass is 9.85. The zero-order valence-electron chi connectivity index (χ0n) is 15.5. The normalized spacial score (nSPS) is 21.2. The van der Waals surface area contributed by atoms with Crippen molar-refractivity contribution >= 4 is 29.3 Å². The van der Waals surface area contributed by atoms with E-state index in [9.17, 15) is 24.5 Å². The van der Waals surface area contributed by atoms with Gasteiger partial charge in [-0.05, 0) is 19.3 Å². The number of hydrogen-bond acceptors (Lipinski definition) is 7. The van der Waals surface area contributed by atoms with Crippen molar-refractivity contribution < 1.29 is 24.1 Å². The number of nitrogens with two attached hydrogens (primary N) is 1. The van der Waals surface area contributed by atoms with Crippen LogP contribution < -0.4 is 5.73 Å². The second-order valence-corrected chi connectivity index (χ2v) is 6.83. The molecule has 2 aliphatic rings. The monoisotopic (exact) mass is 400 g/mol. The second-order valence-electron chi connectivity index (χ2n) is 6.83. The Bertz CT molecular complexity index is 884. The van der Waals surface area contributed by atoms with Crippen molar-refractivity contribution in [3.63, 3.8) is 0 Å². The molecule has 3 rings (SSSR count). The van der Waals surface area contributed by atoms with E-state index in [-0.39, 0.29) is 60.1 Å². The predicted octanol–water partition coefficient (Wildman–Crippen LogP) is 1.49. The average Bonchev–Trinajstić information content (AvgIpc) is 2.97. The Hall–Kier alpha value is -3.56. The summed E-state index contributed by atoms with van der Waals surface area (Å²) in [6.45, 7) is 0.143. The van der Waals surface area contributed by atoms with Crippen LogP contribution in [-0.2, 0) is 19.2 Å². The highest BCUT2D eigenvalue weighted by atomic mass is 16.7. The van der Waals surface area contributed by atoms with Crippen LogP contribution in [-0.4, -0.2) is 40.0 Å². The van der Waals surface area contributed by atoms with Gasteiger partial charge < -0.3 is 10.6 Å². The van der Waals surface area contributed by atoms with Crippen LogP contribution in [0.25, 0.3) is 0 Å². The minimum absolute atomic E-state index is 0.0592. The molecule has 10 heteroatoms. The molecule has 0 aromatic heterocycles. The van der Waals surface area contributed by atoms with Crippen molar-refractivity contribution in [2.75, 3.05) is 6.54 Å². The molecule has 1 saturated heterocycles. The van der Waals surface area contributed by atoms with Crippen LogP contribution in [0.5, 0.6) is 0 Å². The van der Waals surface area contributed by atoms with E-state index in [0.717, 1.165) is 0 Å². The smallest absolute Gasteiger partial charge is 0.335 e. The fraction of sp³-hybridized carbons (Fsp3) is 0.368. The molecule has 0 spiro atoms. The van der Waals surface area contributed by atoms with E-state index >= 15 is 0 Å². The number of benzene rings is 1. The van der Waals surface area contributed by atoms with Crippen LogP contribution in [0.3, 0.4) is 0 Å². The number of nitrogens with zero attached hydrogens (tertiary/aromatic N) is 3. The number of rotatable bonds is 7. The Morgan fingerprint density at radius 3 is 2.52 bits per heavy atom. The van der Waals surface area contributed by atoms with Gasteiger partial charge in [0.15, 0.2) is 5.84 Å². The summed E-state index contributed by atoms with van der Waals surface area (Å²) < 4.78 is 0. The molecule has 1 heterocycles. The molecule has 2 atom stereocenters. The standard InChI is InChI=1S/C19H20N4O6/c20-17(12-5-3-6-13(11-12)23(27)28)21-29-16(24)9-4-10-22-18(25)14-7-1-2-8-15(14)19(22)26/h1-3,5-6,11,14-15H,4,7-10H2,(H2,20,21)/t14-,15+. The summed E-state index contributed by atoms with van der Waals surface area (Å²) in [5.74, 6) is -1.83. The quantitative estimate of drug-likeness (QED) is 0.139. The highest BCUT2D eigenvalue weighted by molar-refractivity contribution is 6.05. The van der Waals surface area contributed by atoms with E-state index in [0.29, 0.717) is 12.8 Å². The Kier molecular flexibility index (Phi) is 6.01. The summed E-state index contributed by atoms with van der Waals surface area (Å²) in [5.41, 5.74) is 5.77. The van der Waals surface area contributed by atoms with Crippen LogP contribution in [0.1, 0.15) is 31.2 Å². The number of oxime groups is 1. The van der Waals surface area contributed by atoms with Gasteiger partial charge in [0.25, 0.3) is 5.69 Å². The number of allylic oxidation sites excluding steroid dienone is 2. The maximum absolute atomic E-state index is 12.3. The van der Waals surface area contributed by atoms with Gasteiger partial charge in [-0.2, -0.15) is 0 Å². The first-order chi connectivity index (χ1) is 13.9. The van der Waals surface area contributed by atoms with E-state index in [1.807, 2.05) is 12.2 Å². The Morgan fingerprint density at radius 1 is 1.24 bits per heavy atom. The summed E-state index contributed by atoms with van der Waals surface area (Å²) in [5, 5.41) is 14.3. The maximum atomic E-state index is 12.3. The first-order valence-corrected chi connectivity index (χ1v) is 9.17. The molecule has 1 aromatic carbocycles. The highest BCUT2D eigenvalue weighted by Crippen LogP contribution is 2.35. The number of carbonyl (C=O) groups excluding carboxylic acids is 3. The molecule has 2 amide bonds. The molecule has 29 heavy (non-hydrogen) atoms. The number of likely N-dealkylation sites (tertiary alicyclic amines) is 1. The van der Waals surface area contributed by atoms with Crippen molar-refractivity contribution in [2.24, 2.45) is 22.7 Å². The average molecular weight is 400 g/mol. The number of amidine groups is 1. The Morgan fingerprint density at radius 2 is 1.90 bits per heavy atom. The summed E-state index contributed by atoms with van der Waals surface area (Å²) in [6.07, 6.45) is 5.15. The lowest BCUT2D eigenvalue weighted by Gasteiger charge is -2.14. The molecule has 152 valence electrons. The largest absolute Gasteiger partial charge is 0.380 e.